The van der Waals surface area contributed by atoms with E-state index in [0.717, 1.165) is 17.7 Å². The van der Waals surface area contributed by atoms with E-state index in [-0.39, 0.29) is 35.2 Å². The second kappa shape index (κ2) is 6.32. The predicted octanol–water partition coefficient (Wildman–Crippen LogP) is -1.97. The molecule has 5 nitrogen and oxygen atoms in total. The number of hydrogen-bond donors (Lipinski definition) is 1. The Balaban J connectivity index is 0.00000256. The fraction of sp³-hybridized carbons (Fsp3) is 0.100. The molecule has 86 valence electrons. The van der Waals surface area contributed by atoms with Crippen molar-refractivity contribution < 1.29 is 47.3 Å². The van der Waals surface area contributed by atoms with Crippen molar-refractivity contribution in [1.29, 1.82) is 0 Å². The maximum Gasteiger partial charge on any atom is 1.00 e. The molecule has 0 saturated heterocycles. The van der Waals surface area contributed by atoms with Crippen molar-refractivity contribution in [3.8, 4) is 0 Å². The molecule has 1 N–H and O–H groups in total. The summed E-state index contributed by atoms with van der Waals surface area (Å²) < 4.78 is 32.7. The third kappa shape index (κ3) is 4.61. The molecule has 1 amide bonds. The normalized spacial score (nSPS) is 10.2. The van der Waals surface area contributed by atoms with Crippen molar-refractivity contribution in [1.82, 2.24) is 0 Å². The van der Waals surface area contributed by atoms with Gasteiger partial charge in [0.05, 0.1) is 10.6 Å². The minimum atomic E-state index is -4.60. The van der Waals surface area contributed by atoms with E-state index in [1.54, 1.807) is 6.92 Å². The zero-order valence-electron chi connectivity index (χ0n) is 9.56. The minimum absolute atomic E-state index is 0. The molecule has 0 aromatic heterocycles. The molecule has 0 saturated carbocycles. The summed E-state index contributed by atoms with van der Waals surface area (Å²) in [5.74, 6) is -0.574. The zero-order valence-corrected chi connectivity index (χ0v) is 12.4. The SMILES string of the molecule is C=CC(=O)Nc1cc(C)ccc1S(=O)(=O)[O-].[Na+]. The number of benzene rings is 1. The summed E-state index contributed by atoms with van der Waals surface area (Å²) in [6.45, 7) is 4.94. The number of aryl methyl sites for hydroxylation is 1. The minimum Gasteiger partial charge on any atom is -0.744 e. The molecule has 1 aromatic carbocycles. The first kappa shape index (κ1) is 16.3. The number of carbonyl (C=O) groups excluding carboxylic acids is 1. The molecular weight excluding hydrogens is 253 g/mol. The fourth-order valence-corrected chi connectivity index (χ4v) is 1.76. The monoisotopic (exact) mass is 263 g/mol. The predicted molar refractivity (Wildman–Crippen MR) is 58.0 cm³/mol. The first-order valence-electron chi connectivity index (χ1n) is 4.34. The second-order valence-electron chi connectivity index (χ2n) is 3.15. The Kier molecular flexibility index (Phi) is 6.08. The van der Waals surface area contributed by atoms with Gasteiger partial charge < -0.3 is 9.87 Å². The van der Waals surface area contributed by atoms with E-state index in [1.807, 2.05) is 0 Å². The van der Waals surface area contributed by atoms with E-state index in [9.17, 15) is 17.8 Å². The first-order valence-corrected chi connectivity index (χ1v) is 5.75. The Hall–Kier alpha value is -0.660. The fourth-order valence-electron chi connectivity index (χ4n) is 1.14. The van der Waals surface area contributed by atoms with Crippen LogP contribution in [0.15, 0.2) is 35.7 Å². The third-order valence-corrected chi connectivity index (χ3v) is 2.74. The number of carbonyl (C=O) groups is 1. The maximum absolute atomic E-state index is 11.0. The summed E-state index contributed by atoms with van der Waals surface area (Å²) in [5.41, 5.74) is 0.701. The number of hydrogen-bond acceptors (Lipinski definition) is 4. The van der Waals surface area contributed by atoms with Gasteiger partial charge in [-0.25, -0.2) is 8.42 Å². The van der Waals surface area contributed by atoms with E-state index < -0.39 is 20.9 Å². The summed E-state index contributed by atoms with van der Waals surface area (Å²) in [4.78, 5) is 10.6. The van der Waals surface area contributed by atoms with Gasteiger partial charge in [0.15, 0.2) is 0 Å². The Labute approximate surface area is 122 Å². The number of anilines is 1. The van der Waals surface area contributed by atoms with Crippen LogP contribution in [-0.4, -0.2) is 18.9 Å². The second-order valence-corrected chi connectivity index (χ2v) is 4.50. The van der Waals surface area contributed by atoms with Gasteiger partial charge in [-0.3, -0.25) is 4.79 Å². The molecule has 0 bridgehead atoms. The van der Waals surface area contributed by atoms with Gasteiger partial charge in [-0.2, -0.15) is 0 Å². The van der Waals surface area contributed by atoms with Crippen LogP contribution in [0.2, 0.25) is 0 Å². The van der Waals surface area contributed by atoms with E-state index in [1.165, 1.54) is 12.1 Å². The third-order valence-electron chi connectivity index (χ3n) is 1.85. The summed E-state index contributed by atoms with van der Waals surface area (Å²) in [7, 11) is -4.60. The van der Waals surface area contributed by atoms with Crippen LogP contribution < -0.4 is 34.9 Å². The molecule has 17 heavy (non-hydrogen) atoms. The molecule has 0 aliphatic carbocycles. The summed E-state index contributed by atoms with van der Waals surface area (Å²) in [6.07, 6.45) is 0.990. The van der Waals surface area contributed by atoms with Gasteiger partial charge in [0.25, 0.3) is 0 Å². The number of rotatable bonds is 3. The summed E-state index contributed by atoms with van der Waals surface area (Å²) in [5, 5.41) is 2.27. The molecular formula is C10H10NNaO4S. The van der Waals surface area contributed by atoms with Gasteiger partial charge in [-0.1, -0.05) is 12.6 Å². The average Bonchev–Trinajstić information content (AvgIpc) is 2.15. The Morgan fingerprint density at radius 1 is 1.47 bits per heavy atom. The van der Waals surface area contributed by atoms with Crippen LogP contribution in [0.1, 0.15) is 5.56 Å². The van der Waals surface area contributed by atoms with E-state index in [2.05, 4.69) is 11.9 Å². The Morgan fingerprint density at radius 3 is 2.53 bits per heavy atom. The molecule has 1 rings (SSSR count). The summed E-state index contributed by atoms with van der Waals surface area (Å²) in [6, 6.07) is 4.05. The maximum atomic E-state index is 11.0. The van der Waals surface area contributed by atoms with Crippen LogP contribution >= 0.6 is 0 Å². The van der Waals surface area contributed by atoms with Gasteiger partial charge in [0.2, 0.25) is 5.91 Å². The van der Waals surface area contributed by atoms with Crippen LogP contribution in [0.25, 0.3) is 0 Å². The van der Waals surface area contributed by atoms with Gasteiger partial charge in [0, 0.05) is 0 Å². The molecule has 0 heterocycles. The van der Waals surface area contributed by atoms with Gasteiger partial charge in [-0.05, 0) is 30.7 Å². The Bertz CT molecular complexity index is 539. The molecule has 0 atom stereocenters. The molecule has 0 unspecified atom stereocenters. The quantitative estimate of drug-likeness (QED) is 0.389. The van der Waals surface area contributed by atoms with Crippen molar-refractivity contribution in [2.24, 2.45) is 0 Å². The van der Waals surface area contributed by atoms with Crippen molar-refractivity contribution in [3.63, 3.8) is 0 Å². The largest absolute Gasteiger partial charge is 1.00 e. The van der Waals surface area contributed by atoms with Crippen molar-refractivity contribution in [2.45, 2.75) is 11.8 Å². The molecule has 0 aliphatic heterocycles. The Morgan fingerprint density at radius 2 is 2.06 bits per heavy atom. The number of nitrogens with one attached hydrogen (secondary N) is 1. The van der Waals surface area contributed by atoms with Crippen molar-refractivity contribution >= 4 is 21.7 Å². The number of amides is 1. The zero-order chi connectivity index (χ0) is 12.3. The smallest absolute Gasteiger partial charge is 0.744 e. The van der Waals surface area contributed by atoms with Crippen molar-refractivity contribution in [3.05, 3.63) is 36.4 Å². The molecule has 0 radical (unpaired) electrons. The van der Waals surface area contributed by atoms with Crippen LogP contribution in [0.5, 0.6) is 0 Å². The van der Waals surface area contributed by atoms with Crippen LogP contribution in [0.3, 0.4) is 0 Å². The van der Waals surface area contributed by atoms with E-state index >= 15 is 0 Å². The topological polar surface area (TPSA) is 86.3 Å². The molecule has 0 aliphatic rings. The van der Waals surface area contributed by atoms with Crippen LogP contribution in [0.4, 0.5) is 5.69 Å². The van der Waals surface area contributed by atoms with Crippen LogP contribution in [-0.2, 0) is 14.9 Å². The van der Waals surface area contributed by atoms with Gasteiger partial charge in [0.1, 0.15) is 10.1 Å². The van der Waals surface area contributed by atoms with Gasteiger partial charge in [-0.15, -0.1) is 0 Å². The van der Waals surface area contributed by atoms with Crippen molar-refractivity contribution in [2.75, 3.05) is 5.32 Å². The molecule has 0 fully saturated rings. The molecule has 7 heteroatoms. The standard InChI is InChI=1S/C10H11NO4S.Na/c1-3-10(12)11-8-6-7(2)4-5-9(8)16(13,14)15;/h3-6H,1H2,2H3,(H,11,12)(H,13,14,15);/q;+1/p-1. The average molecular weight is 263 g/mol. The van der Waals surface area contributed by atoms with E-state index in [4.69, 9.17) is 0 Å². The first-order chi connectivity index (χ1) is 7.34. The van der Waals surface area contributed by atoms with Gasteiger partial charge >= 0.3 is 29.6 Å². The molecule has 0 spiro atoms. The van der Waals surface area contributed by atoms with Crippen LogP contribution in [0, 0.1) is 6.92 Å². The molecule has 1 aromatic rings. The van der Waals surface area contributed by atoms with E-state index in [0.29, 0.717) is 0 Å². The summed E-state index contributed by atoms with van der Waals surface area (Å²) >= 11 is 0.